The Balaban J connectivity index is 1.54. The predicted octanol–water partition coefficient (Wildman–Crippen LogP) is 7.50. The fourth-order valence-corrected chi connectivity index (χ4v) is 5.02. The lowest BCUT2D eigenvalue weighted by molar-refractivity contribution is 0.200. The van der Waals surface area contributed by atoms with Gasteiger partial charge in [0.25, 0.3) is 0 Å². The molecule has 1 saturated heterocycles. The van der Waals surface area contributed by atoms with Crippen LogP contribution in [0.2, 0.25) is 0 Å². The summed E-state index contributed by atoms with van der Waals surface area (Å²) in [6, 6.07) is 26.9. The number of amides is 1. The van der Waals surface area contributed by atoms with E-state index in [2.05, 4.69) is 78.7 Å². The van der Waals surface area contributed by atoms with Crippen molar-refractivity contribution in [1.82, 2.24) is 10.2 Å². The van der Waals surface area contributed by atoms with Gasteiger partial charge in [0.05, 0.1) is 0 Å². The minimum atomic E-state index is -0.411. The Morgan fingerprint density at radius 2 is 1.49 bits per heavy atom. The smallest absolute Gasteiger partial charge is 0.412 e. The van der Waals surface area contributed by atoms with Crippen LogP contribution in [0, 0.1) is 0 Å². The van der Waals surface area contributed by atoms with Gasteiger partial charge in [-0.15, -0.1) is 0 Å². The molecule has 1 fully saturated rings. The minimum absolute atomic E-state index is 0.411. The lowest BCUT2D eigenvalue weighted by Crippen LogP contribution is -2.27. The SMILES string of the molecule is CCCCNC(=O)Oc1ccc(/C(=C(/CC)Cc2ccccc2)c2ccc(OCCN3CCCC3)cc2)cc1. The average molecular weight is 527 g/mol. The number of rotatable bonds is 13. The fourth-order valence-electron chi connectivity index (χ4n) is 5.02. The van der Waals surface area contributed by atoms with Crippen molar-refractivity contribution in [2.75, 3.05) is 32.8 Å². The van der Waals surface area contributed by atoms with Gasteiger partial charge in [-0.05, 0) is 91.7 Å². The molecule has 0 bridgehead atoms. The molecule has 0 unspecified atom stereocenters. The minimum Gasteiger partial charge on any atom is -0.492 e. The molecule has 1 aliphatic rings. The van der Waals surface area contributed by atoms with E-state index in [1.807, 2.05) is 24.3 Å². The van der Waals surface area contributed by atoms with Crippen LogP contribution in [-0.4, -0.2) is 43.8 Å². The fraction of sp³-hybridized carbons (Fsp3) is 0.382. The van der Waals surface area contributed by atoms with Crippen molar-refractivity contribution in [3.8, 4) is 11.5 Å². The molecule has 0 aromatic heterocycles. The molecule has 39 heavy (non-hydrogen) atoms. The summed E-state index contributed by atoms with van der Waals surface area (Å²) in [7, 11) is 0. The van der Waals surface area contributed by atoms with Crippen LogP contribution < -0.4 is 14.8 Å². The highest BCUT2D eigenvalue weighted by molar-refractivity contribution is 5.83. The third-order valence-electron chi connectivity index (χ3n) is 7.21. The number of benzene rings is 3. The van der Waals surface area contributed by atoms with Crippen molar-refractivity contribution in [1.29, 1.82) is 0 Å². The van der Waals surface area contributed by atoms with Gasteiger partial charge in [0.1, 0.15) is 18.1 Å². The van der Waals surface area contributed by atoms with E-state index >= 15 is 0 Å². The van der Waals surface area contributed by atoms with E-state index in [1.54, 1.807) is 0 Å². The molecule has 3 aromatic carbocycles. The Hall–Kier alpha value is -3.57. The van der Waals surface area contributed by atoms with Gasteiger partial charge in [0.15, 0.2) is 0 Å². The summed E-state index contributed by atoms with van der Waals surface area (Å²) >= 11 is 0. The van der Waals surface area contributed by atoms with E-state index in [9.17, 15) is 4.79 Å². The molecule has 0 saturated carbocycles. The Morgan fingerprint density at radius 1 is 0.846 bits per heavy atom. The summed E-state index contributed by atoms with van der Waals surface area (Å²) in [5.41, 5.74) is 6.11. The first-order valence-corrected chi connectivity index (χ1v) is 14.4. The Kier molecular flexibility index (Phi) is 11.0. The van der Waals surface area contributed by atoms with E-state index in [0.29, 0.717) is 18.9 Å². The van der Waals surface area contributed by atoms with Gasteiger partial charge in [0, 0.05) is 13.1 Å². The molecule has 1 amide bonds. The largest absolute Gasteiger partial charge is 0.492 e. The molecule has 0 radical (unpaired) electrons. The molecule has 0 atom stereocenters. The van der Waals surface area contributed by atoms with Gasteiger partial charge in [0.2, 0.25) is 0 Å². The highest BCUT2D eigenvalue weighted by atomic mass is 16.6. The van der Waals surface area contributed by atoms with Crippen LogP contribution in [0.5, 0.6) is 11.5 Å². The van der Waals surface area contributed by atoms with E-state index in [-0.39, 0.29) is 0 Å². The molecule has 1 aliphatic heterocycles. The second-order valence-corrected chi connectivity index (χ2v) is 10.1. The van der Waals surface area contributed by atoms with Crippen molar-refractivity contribution < 1.29 is 14.3 Å². The van der Waals surface area contributed by atoms with Crippen LogP contribution in [-0.2, 0) is 6.42 Å². The van der Waals surface area contributed by atoms with Crippen molar-refractivity contribution >= 4 is 11.7 Å². The normalized spacial score (nSPS) is 14.1. The van der Waals surface area contributed by atoms with Crippen LogP contribution in [0.1, 0.15) is 62.6 Å². The summed E-state index contributed by atoms with van der Waals surface area (Å²) in [6.07, 6.45) is 5.95. The number of carbonyl (C=O) groups excluding carboxylic acids is 1. The number of hydrogen-bond acceptors (Lipinski definition) is 4. The molecule has 1 heterocycles. The molecule has 3 aromatic rings. The Labute approximate surface area is 233 Å². The number of likely N-dealkylation sites (tertiary alicyclic amines) is 1. The van der Waals surface area contributed by atoms with Gasteiger partial charge in [-0.1, -0.05) is 80.4 Å². The Morgan fingerprint density at radius 3 is 2.10 bits per heavy atom. The maximum absolute atomic E-state index is 12.1. The second kappa shape index (κ2) is 15.1. The molecule has 0 spiro atoms. The molecular formula is C34H42N2O3. The molecule has 5 nitrogen and oxygen atoms in total. The van der Waals surface area contributed by atoms with Crippen molar-refractivity contribution in [2.24, 2.45) is 0 Å². The third kappa shape index (κ3) is 8.72. The summed E-state index contributed by atoms with van der Waals surface area (Å²) in [4.78, 5) is 14.6. The summed E-state index contributed by atoms with van der Waals surface area (Å²) in [6.45, 7) is 8.99. The highest BCUT2D eigenvalue weighted by Gasteiger charge is 2.14. The molecule has 5 heteroatoms. The van der Waals surface area contributed by atoms with Crippen LogP contribution in [0.3, 0.4) is 0 Å². The van der Waals surface area contributed by atoms with Crippen LogP contribution in [0.15, 0.2) is 84.4 Å². The number of ether oxygens (including phenoxy) is 2. The van der Waals surface area contributed by atoms with Gasteiger partial charge in [-0.3, -0.25) is 4.90 Å². The monoisotopic (exact) mass is 526 g/mol. The number of unbranched alkanes of at least 4 members (excludes halogenated alkanes) is 1. The lowest BCUT2D eigenvalue weighted by atomic mass is 9.88. The standard InChI is InChI=1S/C34H42N2O3/c1-3-5-21-35-34(37)39-32-19-15-30(16-20-32)33(28(4-2)26-27-11-7-6-8-12-27)29-13-17-31(18-14-29)38-25-24-36-22-9-10-23-36/h6-8,11-20H,3-5,9-10,21-26H2,1-2H3,(H,35,37)/b33-28-. The van der Waals surface area contributed by atoms with Gasteiger partial charge in [-0.25, -0.2) is 4.79 Å². The maximum atomic E-state index is 12.1. The van der Waals surface area contributed by atoms with Crippen molar-refractivity contribution in [2.45, 2.75) is 52.4 Å². The van der Waals surface area contributed by atoms with Gasteiger partial charge >= 0.3 is 6.09 Å². The first-order valence-electron chi connectivity index (χ1n) is 14.4. The number of carbonyl (C=O) groups is 1. The maximum Gasteiger partial charge on any atom is 0.412 e. The zero-order chi connectivity index (χ0) is 27.3. The highest BCUT2D eigenvalue weighted by Crippen LogP contribution is 2.32. The molecule has 1 N–H and O–H groups in total. The molecule has 4 rings (SSSR count). The summed E-state index contributed by atoms with van der Waals surface area (Å²) in [5.74, 6) is 1.44. The third-order valence-corrected chi connectivity index (χ3v) is 7.21. The van der Waals surface area contributed by atoms with E-state index in [1.165, 1.54) is 42.6 Å². The number of nitrogens with one attached hydrogen (secondary N) is 1. The first kappa shape index (κ1) is 28.4. The van der Waals surface area contributed by atoms with Crippen LogP contribution >= 0.6 is 0 Å². The zero-order valence-corrected chi connectivity index (χ0v) is 23.5. The van der Waals surface area contributed by atoms with Gasteiger partial charge < -0.3 is 14.8 Å². The first-order chi connectivity index (χ1) is 19.2. The van der Waals surface area contributed by atoms with Crippen molar-refractivity contribution in [3.05, 3.63) is 101 Å². The second-order valence-electron chi connectivity index (χ2n) is 10.1. The topological polar surface area (TPSA) is 50.8 Å². The van der Waals surface area contributed by atoms with Crippen LogP contribution in [0.4, 0.5) is 4.79 Å². The number of allylic oxidation sites excluding steroid dienone is 1. The van der Waals surface area contributed by atoms with Crippen molar-refractivity contribution in [3.63, 3.8) is 0 Å². The number of hydrogen-bond donors (Lipinski definition) is 1. The predicted molar refractivity (Wildman–Crippen MR) is 159 cm³/mol. The zero-order valence-electron chi connectivity index (χ0n) is 23.5. The van der Waals surface area contributed by atoms with E-state index in [4.69, 9.17) is 9.47 Å². The quantitative estimate of drug-likeness (QED) is 0.234. The van der Waals surface area contributed by atoms with E-state index in [0.717, 1.165) is 49.1 Å². The summed E-state index contributed by atoms with van der Waals surface area (Å²) < 4.78 is 11.6. The Bertz CT molecular complexity index is 1180. The average Bonchev–Trinajstić information content (AvgIpc) is 3.49. The molecular weight excluding hydrogens is 484 g/mol. The summed E-state index contributed by atoms with van der Waals surface area (Å²) in [5, 5.41) is 2.80. The van der Waals surface area contributed by atoms with Gasteiger partial charge in [-0.2, -0.15) is 0 Å². The van der Waals surface area contributed by atoms with Crippen LogP contribution in [0.25, 0.3) is 5.57 Å². The lowest BCUT2D eigenvalue weighted by Gasteiger charge is -2.18. The molecule has 0 aliphatic carbocycles. The molecule has 206 valence electrons. The van der Waals surface area contributed by atoms with E-state index < -0.39 is 6.09 Å². The number of nitrogens with zero attached hydrogens (tertiary/aromatic N) is 1.